The number of ether oxygens (including phenoxy) is 1. The second kappa shape index (κ2) is 11.0. The maximum Gasteiger partial charge on any atom is 0.291 e. The van der Waals surface area contributed by atoms with Crippen molar-refractivity contribution in [3.8, 4) is 16.9 Å². The SMILES string of the molecule is Cc1cc(OCc2ccc(C(=O)Nc3c(C(N)=O)sc4nc(C(F)F)cc(-c5cnn(C)c5C)c34)o2)ccc1[N+](=O)[O-]. The van der Waals surface area contributed by atoms with Gasteiger partial charge < -0.3 is 20.2 Å². The van der Waals surface area contributed by atoms with E-state index in [9.17, 15) is 28.5 Å². The molecule has 0 aliphatic carbocycles. The van der Waals surface area contributed by atoms with E-state index < -0.39 is 28.9 Å². The Balaban J connectivity index is 1.46. The van der Waals surface area contributed by atoms with Crippen LogP contribution in [0, 0.1) is 24.0 Å². The summed E-state index contributed by atoms with van der Waals surface area (Å²) in [6.07, 6.45) is -1.39. The van der Waals surface area contributed by atoms with Crippen molar-refractivity contribution in [1.82, 2.24) is 14.8 Å². The number of primary amides is 1. The lowest BCUT2D eigenvalue weighted by atomic mass is 10.0. The molecule has 0 saturated heterocycles. The summed E-state index contributed by atoms with van der Waals surface area (Å²) in [5.41, 5.74) is 6.94. The molecule has 0 radical (unpaired) electrons. The van der Waals surface area contributed by atoms with Crippen LogP contribution in [0.3, 0.4) is 0 Å². The topological polar surface area (TPSA) is 168 Å². The monoisotopic (exact) mass is 596 g/mol. The smallest absolute Gasteiger partial charge is 0.291 e. The number of nitrogens with one attached hydrogen (secondary N) is 1. The molecule has 0 unspecified atom stereocenters. The number of anilines is 1. The lowest BCUT2D eigenvalue weighted by molar-refractivity contribution is -0.385. The number of aromatic nitrogens is 3. The number of aryl methyl sites for hydroxylation is 2. The molecule has 5 rings (SSSR count). The molecular weight excluding hydrogens is 574 g/mol. The van der Waals surface area contributed by atoms with Gasteiger partial charge in [0.1, 0.15) is 33.5 Å². The number of nitro groups is 1. The van der Waals surface area contributed by atoms with Crippen LogP contribution in [0.25, 0.3) is 21.3 Å². The molecule has 42 heavy (non-hydrogen) atoms. The van der Waals surface area contributed by atoms with Crippen LogP contribution in [0.1, 0.15) is 49.4 Å². The molecule has 0 bridgehead atoms. The number of rotatable bonds is 9. The van der Waals surface area contributed by atoms with Gasteiger partial charge in [-0.3, -0.25) is 24.4 Å². The highest BCUT2D eigenvalue weighted by Crippen LogP contribution is 2.43. The van der Waals surface area contributed by atoms with E-state index in [0.717, 1.165) is 11.3 Å². The second-order valence-electron chi connectivity index (χ2n) is 9.23. The number of hydrogen-bond acceptors (Lipinski definition) is 9. The molecular formula is C27H22F2N6O6S. The van der Waals surface area contributed by atoms with Crippen LogP contribution >= 0.6 is 11.3 Å². The molecule has 216 valence electrons. The summed E-state index contributed by atoms with van der Waals surface area (Å²) in [5, 5.41) is 18.1. The van der Waals surface area contributed by atoms with Crippen molar-refractivity contribution in [3.05, 3.63) is 86.1 Å². The fraction of sp³-hybridized carbons (Fsp3) is 0.185. The molecule has 4 aromatic heterocycles. The Bertz CT molecular complexity index is 1880. The zero-order valence-electron chi connectivity index (χ0n) is 22.3. The van der Waals surface area contributed by atoms with Crippen molar-refractivity contribution in [2.45, 2.75) is 26.9 Å². The van der Waals surface area contributed by atoms with E-state index in [-0.39, 0.29) is 44.6 Å². The van der Waals surface area contributed by atoms with Crippen molar-refractivity contribution in [3.63, 3.8) is 0 Å². The maximum atomic E-state index is 13.7. The number of furan rings is 1. The van der Waals surface area contributed by atoms with Gasteiger partial charge >= 0.3 is 0 Å². The number of alkyl halides is 2. The molecule has 0 saturated carbocycles. The van der Waals surface area contributed by atoms with Gasteiger partial charge in [-0.15, -0.1) is 11.3 Å². The average Bonchev–Trinajstić information content (AvgIpc) is 3.65. The number of benzene rings is 1. The fourth-order valence-corrected chi connectivity index (χ4v) is 5.34. The van der Waals surface area contributed by atoms with Gasteiger partial charge in [0.25, 0.3) is 23.9 Å². The van der Waals surface area contributed by atoms with E-state index in [0.29, 0.717) is 28.1 Å². The maximum absolute atomic E-state index is 13.7. The molecule has 0 atom stereocenters. The molecule has 12 nitrogen and oxygen atoms in total. The predicted octanol–water partition coefficient (Wildman–Crippen LogP) is 5.68. The number of hydrogen-bond donors (Lipinski definition) is 2. The summed E-state index contributed by atoms with van der Waals surface area (Å²) in [5.74, 6) is -1.10. The molecule has 3 N–H and O–H groups in total. The van der Waals surface area contributed by atoms with Gasteiger partial charge in [-0.2, -0.15) is 5.10 Å². The van der Waals surface area contributed by atoms with Crippen molar-refractivity contribution in [1.29, 1.82) is 0 Å². The molecule has 0 spiro atoms. The highest BCUT2D eigenvalue weighted by atomic mass is 32.1. The minimum absolute atomic E-state index is 0.00891. The minimum atomic E-state index is -2.89. The Labute approximate surface area is 239 Å². The Kier molecular flexibility index (Phi) is 7.43. The number of fused-ring (bicyclic) bond motifs is 1. The van der Waals surface area contributed by atoms with Crippen LogP contribution in [0.15, 0.2) is 47.0 Å². The van der Waals surface area contributed by atoms with Gasteiger partial charge in [0.15, 0.2) is 5.76 Å². The number of pyridine rings is 1. The molecule has 0 fully saturated rings. The molecule has 0 aliphatic heterocycles. The molecule has 0 aliphatic rings. The molecule has 4 heterocycles. The third kappa shape index (κ3) is 5.28. The highest BCUT2D eigenvalue weighted by molar-refractivity contribution is 7.21. The Morgan fingerprint density at radius 2 is 1.98 bits per heavy atom. The fourth-order valence-electron chi connectivity index (χ4n) is 4.33. The quantitative estimate of drug-likeness (QED) is 0.162. The standard InChI is InChI=1S/C27H22F2N6O6S/c1-12-8-14(4-6-19(12)35(38)39)40-11-15-5-7-20(41-15)26(37)33-22-21-16(17-10-31-34(3)13(17)2)9-18(24(28)29)32-27(21)42-23(22)25(30)36/h4-10,24H,11H2,1-3H3,(H2,30,36)(H,33,37). The minimum Gasteiger partial charge on any atom is -0.486 e. The summed E-state index contributed by atoms with van der Waals surface area (Å²) in [4.78, 5) is 40.2. The third-order valence-electron chi connectivity index (χ3n) is 6.52. The van der Waals surface area contributed by atoms with Gasteiger partial charge in [-0.1, -0.05) is 0 Å². The molecule has 15 heteroatoms. The number of nitro benzene ring substituents is 1. The first-order valence-electron chi connectivity index (χ1n) is 12.3. The van der Waals surface area contributed by atoms with E-state index >= 15 is 0 Å². The largest absolute Gasteiger partial charge is 0.486 e. The van der Waals surface area contributed by atoms with Crippen LogP contribution in [-0.2, 0) is 13.7 Å². The lowest BCUT2D eigenvalue weighted by Crippen LogP contribution is -2.16. The van der Waals surface area contributed by atoms with Crippen LogP contribution in [0.2, 0.25) is 0 Å². The predicted molar refractivity (Wildman–Crippen MR) is 149 cm³/mol. The number of nitrogens with two attached hydrogens (primary N) is 1. The Morgan fingerprint density at radius 1 is 1.21 bits per heavy atom. The number of carbonyl (C=O) groups is 2. The van der Waals surface area contributed by atoms with Crippen LogP contribution in [0.5, 0.6) is 5.75 Å². The van der Waals surface area contributed by atoms with E-state index in [4.69, 9.17) is 14.9 Å². The van der Waals surface area contributed by atoms with E-state index in [2.05, 4.69) is 15.4 Å². The first-order chi connectivity index (χ1) is 19.9. The van der Waals surface area contributed by atoms with Crippen LogP contribution < -0.4 is 15.8 Å². The summed E-state index contributed by atoms with van der Waals surface area (Å²) in [6.45, 7) is 3.25. The number of amides is 2. The van der Waals surface area contributed by atoms with Gasteiger partial charge in [-0.05, 0) is 49.7 Å². The van der Waals surface area contributed by atoms with Crippen molar-refractivity contribution in [2.24, 2.45) is 12.8 Å². The van der Waals surface area contributed by atoms with Crippen LogP contribution in [-0.4, -0.2) is 31.5 Å². The Hall–Kier alpha value is -5.18. The average molecular weight is 597 g/mol. The van der Waals surface area contributed by atoms with Gasteiger partial charge in [0.2, 0.25) is 0 Å². The normalized spacial score (nSPS) is 11.3. The van der Waals surface area contributed by atoms with E-state index in [1.807, 2.05) is 0 Å². The summed E-state index contributed by atoms with van der Waals surface area (Å²) < 4.78 is 40.3. The molecule has 2 amide bonds. The zero-order chi connectivity index (χ0) is 30.3. The van der Waals surface area contributed by atoms with Crippen molar-refractivity contribution in [2.75, 3.05) is 5.32 Å². The van der Waals surface area contributed by atoms with Crippen molar-refractivity contribution < 1.29 is 32.4 Å². The highest BCUT2D eigenvalue weighted by Gasteiger charge is 2.27. The molecule has 1 aromatic carbocycles. The number of nitrogens with zero attached hydrogens (tertiary/aromatic N) is 4. The summed E-state index contributed by atoms with van der Waals surface area (Å²) >= 11 is 0.783. The van der Waals surface area contributed by atoms with Crippen LogP contribution in [0.4, 0.5) is 20.2 Å². The second-order valence-corrected chi connectivity index (χ2v) is 10.2. The first-order valence-corrected chi connectivity index (χ1v) is 13.1. The van der Waals surface area contributed by atoms with Gasteiger partial charge in [-0.25, -0.2) is 13.8 Å². The molecule has 5 aromatic rings. The van der Waals surface area contributed by atoms with Gasteiger partial charge in [0, 0.05) is 35.3 Å². The summed E-state index contributed by atoms with van der Waals surface area (Å²) in [6, 6.07) is 8.39. The zero-order valence-corrected chi connectivity index (χ0v) is 23.1. The lowest BCUT2D eigenvalue weighted by Gasteiger charge is -2.10. The number of thiophene rings is 1. The number of halogens is 2. The van der Waals surface area contributed by atoms with E-state index in [1.54, 1.807) is 25.6 Å². The first kappa shape index (κ1) is 28.4. The van der Waals surface area contributed by atoms with Gasteiger partial charge in [0.05, 0.1) is 16.8 Å². The van der Waals surface area contributed by atoms with E-state index in [1.165, 1.54) is 42.6 Å². The summed E-state index contributed by atoms with van der Waals surface area (Å²) in [7, 11) is 1.69. The number of carbonyl (C=O) groups excluding carboxylic acids is 2. The third-order valence-corrected chi connectivity index (χ3v) is 7.62. The Morgan fingerprint density at radius 3 is 2.60 bits per heavy atom. The van der Waals surface area contributed by atoms with Crippen molar-refractivity contribution >= 4 is 44.7 Å².